The van der Waals surface area contributed by atoms with Crippen LogP contribution >= 0.6 is 11.3 Å². The smallest absolute Gasteiger partial charge is 0.261 e. The van der Waals surface area contributed by atoms with Crippen molar-refractivity contribution < 1.29 is 13.7 Å². The Balaban J connectivity index is 1.55. The van der Waals surface area contributed by atoms with Crippen molar-refractivity contribution in [3.05, 3.63) is 69.3 Å². The molecule has 0 aliphatic carbocycles. The van der Waals surface area contributed by atoms with Crippen molar-refractivity contribution in [1.82, 2.24) is 20.3 Å². The molecule has 144 valence electrons. The van der Waals surface area contributed by atoms with Crippen LogP contribution in [0.2, 0.25) is 0 Å². The van der Waals surface area contributed by atoms with Gasteiger partial charge in [-0.15, -0.1) is 11.3 Å². The molecule has 0 saturated heterocycles. The van der Waals surface area contributed by atoms with Gasteiger partial charge in [-0.3, -0.25) is 9.48 Å². The first-order valence-corrected chi connectivity index (χ1v) is 9.65. The molecule has 0 bridgehead atoms. The van der Waals surface area contributed by atoms with Gasteiger partial charge in [-0.1, -0.05) is 17.3 Å². The van der Waals surface area contributed by atoms with Crippen molar-refractivity contribution in [2.75, 3.05) is 0 Å². The summed E-state index contributed by atoms with van der Waals surface area (Å²) < 4.78 is 20.1. The molecule has 28 heavy (non-hydrogen) atoms. The number of benzene rings is 1. The standard InChI is InChI=1S/C20H19FN4O2S/c1-11-16-8-18(19(26)22-9-17-12(2)24-27-13(17)3)28-20(16)25(23-11)10-14-4-6-15(21)7-5-14/h4-8H,9-10H2,1-3H3,(H,22,26). The van der Waals surface area contributed by atoms with Crippen LogP contribution in [-0.2, 0) is 13.1 Å². The Morgan fingerprint density at radius 2 is 1.96 bits per heavy atom. The maximum absolute atomic E-state index is 13.1. The van der Waals surface area contributed by atoms with E-state index in [1.807, 2.05) is 31.5 Å². The van der Waals surface area contributed by atoms with E-state index >= 15 is 0 Å². The van der Waals surface area contributed by atoms with Gasteiger partial charge in [0.2, 0.25) is 0 Å². The number of carbonyl (C=O) groups excluding carboxylic acids is 1. The third-order valence-corrected chi connectivity index (χ3v) is 5.83. The molecule has 3 aromatic heterocycles. The number of rotatable bonds is 5. The first-order valence-electron chi connectivity index (χ1n) is 8.83. The molecule has 4 aromatic rings. The van der Waals surface area contributed by atoms with Crippen LogP contribution in [0.5, 0.6) is 0 Å². The van der Waals surface area contributed by atoms with Crippen LogP contribution < -0.4 is 5.32 Å². The SMILES string of the molecule is Cc1noc(C)c1CNC(=O)c1cc2c(C)nn(Cc3ccc(F)cc3)c2s1. The van der Waals surface area contributed by atoms with Gasteiger partial charge in [-0.25, -0.2) is 4.39 Å². The molecular formula is C20H19FN4O2S. The highest BCUT2D eigenvalue weighted by Crippen LogP contribution is 2.29. The Bertz CT molecular complexity index is 1140. The third kappa shape index (κ3) is 3.43. The Hall–Kier alpha value is -3.00. The molecule has 0 fully saturated rings. The molecule has 1 amide bonds. The highest BCUT2D eigenvalue weighted by atomic mass is 32.1. The Kier molecular flexibility index (Phi) is 4.72. The van der Waals surface area contributed by atoms with E-state index in [1.165, 1.54) is 23.5 Å². The normalized spacial score (nSPS) is 11.3. The predicted octanol–water partition coefficient (Wildman–Crippen LogP) is 4.13. The van der Waals surface area contributed by atoms with Crippen molar-refractivity contribution >= 4 is 27.5 Å². The number of hydrogen-bond acceptors (Lipinski definition) is 5. The van der Waals surface area contributed by atoms with Gasteiger partial charge in [0.05, 0.1) is 22.8 Å². The topological polar surface area (TPSA) is 73.0 Å². The van der Waals surface area contributed by atoms with Crippen LogP contribution in [0.4, 0.5) is 4.39 Å². The maximum Gasteiger partial charge on any atom is 0.261 e. The summed E-state index contributed by atoms with van der Waals surface area (Å²) in [6.07, 6.45) is 0. The van der Waals surface area contributed by atoms with E-state index in [2.05, 4.69) is 15.6 Å². The lowest BCUT2D eigenvalue weighted by Gasteiger charge is -2.04. The summed E-state index contributed by atoms with van der Waals surface area (Å²) >= 11 is 1.40. The highest BCUT2D eigenvalue weighted by molar-refractivity contribution is 7.20. The van der Waals surface area contributed by atoms with Gasteiger partial charge in [-0.05, 0) is 44.5 Å². The van der Waals surface area contributed by atoms with Crippen LogP contribution in [-0.4, -0.2) is 20.8 Å². The lowest BCUT2D eigenvalue weighted by Crippen LogP contribution is -2.22. The Morgan fingerprint density at radius 1 is 1.21 bits per heavy atom. The summed E-state index contributed by atoms with van der Waals surface area (Å²) in [6, 6.07) is 8.22. The largest absolute Gasteiger partial charge is 0.361 e. The molecule has 3 heterocycles. The summed E-state index contributed by atoms with van der Waals surface area (Å²) in [7, 11) is 0. The average Bonchev–Trinajstić information content (AvgIpc) is 3.32. The number of amides is 1. The van der Waals surface area contributed by atoms with Crippen molar-refractivity contribution in [3.8, 4) is 0 Å². The molecule has 4 rings (SSSR count). The average molecular weight is 398 g/mol. The number of aryl methyl sites for hydroxylation is 3. The first kappa shape index (κ1) is 18.4. The van der Waals surface area contributed by atoms with E-state index in [9.17, 15) is 9.18 Å². The number of carbonyl (C=O) groups is 1. The van der Waals surface area contributed by atoms with Crippen molar-refractivity contribution in [1.29, 1.82) is 0 Å². The minimum atomic E-state index is -0.265. The fraction of sp³-hybridized carbons (Fsp3) is 0.250. The van der Waals surface area contributed by atoms with Crippen molar-refractivity contribution in [3.63, 3.8) is 0 Å². The minimum Gasteiger partial charge on any atom is -0.361 e. The molecular weight excluding hydrogens is 379 g/mol. The van der Waals surface area contributed by atoms with Crippen LogP contribution in [0.25, 0.3) is 10.2 Å². The van der Waals surface area contributed by atoms with Gasteiger partial charge in [0.25, 0.3) is 5.91 Å². The molecule has 0 saturated carbocycles. The lowest BCUT2D eigenvalue weighted by atomic mass is 10.2. The van der Waals surface area contributed by atoms with E-state index < -0.39 is 0 Å². The first-order chi connectivity index (χ1) is 13.4. The molecule has 8 heteroatoms. The van der Waals surface area contributed by atoms with Crippen LogP contribution in [0.15, 0.2) is 34.9 Å². The second kappa shape index (κ2) is 7.20. The number of aromatic nitrogens is 3. The monoisotopic (exact) mass is 398 g/mol. The third-order valence-electron chi connectivity index (χ3n) is 4.68. The molecule has 1 aromatic carbocycles. The summed E-state index contributed by atoms with van der Waals surface area (Å²) in [5.41, 5.74) is 3.48. The van der Waals surface area contributed by atoms with Crippen LogP contribution in [0.3, 0.4) is 0 Å². The summed E-state index contributed by atoms with van der Waals surface area (Å²) in [6.45, 7) is 6.49. The molecule has 6 nitrogen and oxygen atoms in total. The highest BCUT2D eigenvalue weighted by Gasteiger charge is 2.17. The van der Waals surface area contributed by atoms with Crippen LogP contribution in [0, 0.1) is 26.6 Å². The number of fused-ring (bicyclic) bond motifs is 1. The second-order valence-corrected chi connectivity index (χ2v) is 7.72. The fourth-order valence-corrected chi connectivity index (χ4v) is 4.18. The van der Waals surface area contributed by atoms with E-state index in [-0.39, 0.29) is 11.7 Å². The lowest BCUT2D eigenvalue weighted by molar-refractivity contribution is 0.0955. The molecule has 0 radical (unpaired) electrons. The van der Waals surface area contributed by atoms with Crippen molar-refractivity contribution in [2.24, 2.45) is 0 Å². The number of thiophene rings is 1. The maximum atomic E-state index is 13.1. The van der Waals surface area contributed by atoms with E-state index in [4.69, 9.17) is 4.52 Å². The molecule has 0 atom stereocenters. The molecule has 1 N–H and O–H groups in total. The van der Waals surface area contributed by atoms with Gasteiger partial charge in [0.1, 0.15) is 16.4 Å². The van der Waals surface area contributed by atoms with E-state index in [1.54, 1.807) is 12.1 Å². The molecule has 0 spiro atoms. The zero-order chi connectivity index (χ0) is 19.8. The number of nitrogens with one attached hydrogen (secondary N) is 1. The van der Waals surface area contributed by atoms with E-state index in [0.717, 1.165) is 32.7 Å². The Morgan fingerprint density at radius 3 is 2.64 bits per heavy atom. The summed E-state index contributed by atoms with van der Waals surface area (Å²) in [4.78, 5) is 14.2. The zero-order valence-electron chi connectivity index (χ0n) is 15.7. The van der Waals surface area contributed by atoms with E-state index in [0.29, 0.717) is 23.7 Å². The minimum absolute atomic E-state index is 0.145. The zero-order valence-corrected chi connectivity index (χ0v) is 16.6. The summed E-state index contributed by atoms with van der Waals surface area (Å²) in [5.74, 6) is 0.299. The second-order valence-electron chi connectivity index (χ2n) is 6.68. The quantitative estimate of drug-likeness (QED) is 0.549. The Labute approximate surface area is 165 Å². The number of hydrogen-bond donors (Lipinski definition) is 1. The molecule has 0 unspecified atom stereocenters. The number of nitrogens with zero attached hydrogens (tertiary/aromatic N) is 3. The van der Waals surface area contributed by atoms with Gasteiger partial charge >= 0.3 is 0 Å². The van der Waals surface area contributed by atoms with Gasteiger partial charge in [0.15, 0.2) is 0 Å². The van der Waals surface area contributed by atoms with Gasteiger partial charge in [0, 0.05) is 17.5 Å². The predicted molar refractivity (Wildman–Crippen MR) is 105 cm³/mol. The fourth-order valence-electron chi connectivity index (χ4n) is 3.10. The van der Waals surface area contributed by atoms with Gasteiger partial charge in [-0.2, -0.15) is 5.10 Å². The van der Waals surface area contributed by atoms with Gasteiger partial charge < -0.3 is 9.84 Å². The van der Waals surface area contributed by atoms with Crippen LogP contribution in [0.1, 0.15) is 37.9 Å². The molecule has 0 aliphatic rings. The summed E-state index contributed by atoms with van der Waals surface area (Å²) in [5, 5.41) is 12.3. The van der Waals surface area contributed by atoms with Crippen molar-refractivity contribution in [2.45, 2.75) is 33.9 Å². The molecule has 0 aliphatic heterocycles. The number of halogens is 1.